The van der Waals surface area contributed by atoms with Gasteiger partial charge in [-0.3, -0.25) is 0 Å². The normalized spacial score (nSPS) is 12.7. The van der Waals surface area contributed by atoms with Crippen molar-refractivity contribution in [2.24, 2.45) is 0 Å². The van der Waals surface area contributed by atoms with Gasteiger partial charge in [0, 0.05) is 98.5 Å². The van der Waals surface area contributed by atoms with Crippen molar-refractivity contribution in [3.63, 3.8) is 0 Å². The minimum atomic E-state index is -0.0481. The maximum absolute atomic E-state index is 2.49. The number of rotatable bonds is 7. The average Bonchev–Trinajstić information content (AvgIpc) is 1.52. The molecule has 5 nitrogen and oxygen atoms in total. The first kappa shape index (κ1) is 57.8. The molecule has 0 spiro atoms. The molecule has 1 aliphatic rings. The molecular formula is C97H65N5. The van der Waals surface area contributed by atoms with Crippen molar-refractivity contribution < 1.29 is 0 Å². The van der Waals surface area contributed by atoms with Crippen LogP contribution in [-0.4, -0.2) is 22.8 Å². The van der Waals surface area contributed by atoms with Gasteiger partial charge < -0.3 is 22.8 Å². The molecule has 102 heavy (non-hydrogen) atoms. The van der Waals surface area contributed by atoms with Gasteiger partial charge in [0.15, 0.2) is 0 Å². The molecule has 5 heteroatoms. The number of hydrogen-bond donors (Lipinski definition) is 0. The van der Waals surface area contributed by atoms with Crippen molar-refractivity contribution in [3.8, 4) is 61.8 Å². The third-order valence-electron chi connectivity index (χ3n) is 22.1. The van der Waals surface area contributed by atoms with E-state index < -0.39 is 0 Å². The fourth-order valence-corrected chi connectivity index (χ4v) is 17.6. The van der Waals surface area contributed by atoms with Crippen molar-refractivity contribution in [1.29, 1.82) is 0 Å². The highest BCUT2D eigenvalue weighted by molar-refractivity contribution is 6.37. The summed E-state index contributed by atoms with van der Waals surface area (Å²) in [6.07, 6.45) is 0. The molecule has 0 bridgehead atoms. The molecule has 0 fully saturated rings. The first-order valence-corrected chi connectivity index (χ1v) is 35.4. The van der Waals surface area contributed by atoms with E-state index in [-0.39, 0.29) is 5.41 Å². The van der Waals surface area contributed by atoms with Crippen LogP contribution in [-0.2, 0) is 5.41 Å². The first-order valence-electron chi connectivity index (χ1n) is 35.4. The van der Waals surface area contributed by atoms with E-state index in [1.807, 2.05) is 0 Å². The van der Waals surface area contributed by atoms with Gasteiger partial charge in [0.2, 0.25) is 0 Å². The monoisotopic (exact) mass is 1300 g/mol. The van der Waals surface area contributed by atoms with Crippen LogP contribution in [0.25, 0.3) is 182 Å². The van der Waals surface area contributed by atoms with E-state index >= 15 is 0 Å². The molecule has 0 unspecified atom stereocenters. The standard InChI is InChI=1S/C52H33N3.C45H32N2/c1-3-15-36(16-4-1)53-45-24-12-9-19-39(45)44-33-35(29-32-48(44)53)34-27-30-38(31-28-34)55-47-26-14-11-23-43(47)50-49-42-22-10-13-25-46(42)54(37-17-5-2-6-18-37)51(49)40-20-7-8-21-41(40)52(50)55;1-45(2)39-17-9-6-14-33(39)36-27-38-35-16-8-11-19-42(35)47(44(38)28-40(36)45)32-23-20-29(21-24-32)30-22-25-43-37(26-30)34-15-7-10-18-41(34)46(43)31-12-4-3-5-13-31/h1-33H;3-28H,1-2H3. The minimum Gasteiger partial charge on any atom is -0.309 e. The second-order valence-electron chi connectivity index (χ2n) is 27.9. The van der Waals surface area contributed by atoms with Crippen LogP contribution in [0.5, 0.6) is 0 Å². The van der Waals surface area contributed by atoms with Crippen LogP contribution in [0.15, 0.2) is 358 Å². The highest BCUT2D eigenvalue weighted by atomic mass is 15.0. The van der Waals surface area contributed by atoms with E-state index in [0.717, 1.165) is 5.69 Å². The zero-order valence-corrected chi connectivity index (χ0v) is 56.3. The van der Waals surface area contributed by atoms with Gasteiger partial charge in [-0.05, 0) is 172 Å². The van der Waals surface area contributed by atoms with E-state index in [2.05, 4.69) is 395 Å². The lowest BCUT2D eigenvalue weighted by Crippen LogP contribution is -2.14. The Labute approximate surface area is 589 Å². The second kappa shape index (κ2) is 22.4. The molecule has 22 rings (SSSR count). The molecule has 5 heterocycles. The number of hydrogen-bond acceptors (Lipinski definition) is 0. The van der Waals surface area contributed by atoms with Gasteiger partial charge >= 0.3 is 0 Å². The Hall–Kier alpha value is -13.2. The van der Waals surface area contributed by atoms with Gasteiger partial charge in [-0.25, -0.2) is 0 Å². The quantitative estimate of drug-likeness (QED) is 0.152. The molecule has 5 aromatic heterocycles. The third kappa shape index (κ3) is 8.52. The van der Waals surface area contributed by atoms with Gasteiger partial charge in [-0.2, -0.15) is 0 Å². The van der Waals surface area contributed by atoms with E-state index in [1.165, 1.54) is 187 Å². The van der Waals surface area contributed by atoms with Crippen LogP contribution in [0.4, 0.5) is 0 Å². The van der Waals surface area contributed by atoms with Crippen molar-refractivity contribution in [1.82, 2.24) is 22.8 Å². The van der Waals surface area contributed by atoms with Crippen molar-refractivity contribution in [3.05, 3.63) is 369 Å². The zero-order chi connectivity index (χ0) is 67.3. The van der Waals surface area contributed by atoms with Crippen LogP contribution < -0.4 is 0 Å². The third-order valence-corrected chi connectivity index (χ3v) is 22.1. The predicted molar refractivity (Wildman–Crippen MR) is 431 cm³/mol. The van der Waals surface area contributed by atoms with E-state index in [0.29, 0.717) is 0 Å². The summed E-state index contributed by atoms with van der Waals surface area (Å²) in [5.41, 5.74) is 28.4. The fourth-order valence-electron chi connectivity index (χ4n) is 17.6. The van der Waals surface area contributed by atoms with Crippen LogP contribution >= 0.6 is 0 Å². The Balaban J connectivity index is 0.000000134. The summed E-state index contributed by atoms with van der Waals surface area (Å²) in [5.74, 6) is 0. The maximum Gasteiger partial charge on any atom is 0.0627 e. The maximum atomic E-state index is 2.49. The molecule has 0 aliphatic heterocycles. The van der Waals surface area contributed by atoms with Crippen molar-refractivity contribution in [2.45, 2.75) is 19.3 Å². The smallest absolute Gasteiger partial charge is 0.0627 e. The van der Waals surface area contributed by atoms with Gasteiger partial charge in [-0.15, -0.1) is 0 Å². The predicted octanol–water partition coefficient (Wildman–Crippen LogP) is 25.7. The lowest BCUT2D eigenvalue weighted by molar-refractivity contribution is 0.661. The molecule has 21 aromatic rings. The summed E-state index contributed by atoms with van der Waals surface area (Å²) in [4.78, 5) is 0. The van der Waals surface area contributed by atoms with Gasteiger partial charge in [0.05, 0.1) is 55.2 Å². The molecule has 478 valence electrons. The fraction of sp³-hybridized carbons (Fsp3) is 0.0309. The highest BCUT2D eigenvalue weighted by Gasteiger charge is 2.36. The zero-order valence-electron chi connectivity index (χ0n) is 56.3. The Kier molecular flexibility index (Phi) is 12.7. The summed E-state index contributed by atoms with van der Waals surface area (Å²) < 4.78 is 12.1. The van der Waals surface area contributed by atoms with Crippen LogP contribution in [0.3, 0.4) is 0 Å². The SMILES string of the molecule is CC1(C)c2ccccc2-c2cc3c4ccccc4n(-c4ccc(-c5ccc6c(c5)c5ccccc5n6-c5ccccc5)cc4)c3cc21.c1ccc(-n2c3ccccc3c3cc(-c4ccc(-n5c6ccccc6c6c7c8ccccc8n(-c8ccccc8)c7c7ccccc7c65)cc4)ccc32)cc1. The number of para-hydroxylation sites is 8. The van der Waals surface area contributed by atoms with E-state index in [1.54, 1.807) is 0 Å². The van der Waals surface area contributed by atoms with Crippen LogP contribution in [0, 0.1) is 0 Å². The topological polar surface area (TPSA) is 24.6 Å². The lowest BCUT2D eigenvalue weighted by Gasteiger charge is -2.21. The van der Waals surface area contributed by atoms with Crippen molar-refractivity contribution >= 4 is 120 Å². The molecule has 0 saturated carbocycles. The Bertz CT molecular complexity index is 6980. The minimum absolute atomic E-state index is 0.0481. The summed E-state index contributed by atoms with van der Waals surface area (Å²) in [7, 11) is 0. The van der Waals surface area contributed by atoms with E-state index in [9.17, 15) is 0 Å². The van der Waals surface area contributed by atoms with Gasteiger partial charge in [-0.1, -0.05) is 244 Å². The lowest BCUT2D eigenvalue weighted by atomic mass is 9.82. The summed E-state index contributed by atoms with van der Waals surface area (Å²) >= 11 is 0. The summed E-state index contributed by atoms with van der Waals surface area (Å²) in [6.45, 7) is 4.72. The highest BCUT2D eigenvalue weighted by Crippen LogP contribution is 2.52. The average molecular weight is 1300 g/mol. The van der Waals surface area contributed by atoms with Gasteiger partial charge in [0.25, 0.3) is 0 Å². The second-order valence-corrected chi connectivity index (χ2v) is 27.9. The molecule has 0 amide bonds. The number of benzene rings is 16. The molecular weight excluding hydrogens is 1240 g/mol. The first-order chi connectivity index (χ1) is 50.4. The number of aromatic nitrogens is 5. The Morgan fingerprint density at radius 1 is 0.186 bits per heavy atom. The van der Waals surface area contributed by atoms with Crippen LogP contribution in [0.1, 0.15) is 25.0 Å². The van der Waals surface area contributed by atoms with E-state index in [4.69, 9.17) is 0 Å². The van der Waals surface area contributed by atoms with Crippen molar-refractivity contribution in [2.75, 3.05) is 0 Å². The summed E-state index contributed by atoms with van der Waals surface area (Å²) in [6, 6.07) is 131. The molecule has 0 radical (unpaired) electrons. The Morgan fingerprint density at radius 3 is 0.931 bits per heavy atom. The molecule has 1 aliphatic carbocycles. The molecule has 0 atom stereocenters. The summed E-state index contributed by atoms with van der Waals surface area (Å²) in [5, 5.41) is 15.2. The molecule has 0 N–H and O–H groups in total. The largest absolute Gasteiger partial charge is 0.309 e. The molecule has 16 aromatic carbocycles. The Morgan fingerprint density at radius 2 is 0.490 bits per heavy atom. The van der Waals surface area contributed by atoms with Gasteiger partial charge in [0.1, 0.15) is 0 Å². The van der Waals surface area contributed by atoms with Crippen LogP contribution in [0.2, 0.25) is 0 Å². The number of fused-ring (bicyclic) bond motifs is 22. The molecule has 0 saturated heterocycles. The number of nitrogens with zero attached hydrogens (tertiary/aromatic N) is 5.